The van der Waals surface area contributed by atoms with Crippen LogP contribution in [0.25, 0.3) is 0 Å². The Morgan fingerprint density at radius 3 is 2.14 bits per heavy atom. The number of anilines is 1. The Labute approximate surface area is 220 Å². The Hall–Kier alpha value is -2.98. The zero-order chi connectivity index (χ0) is 28.1. The number of amides is 2. The minimum atomic E-state index is -4.05. The highest BCUT2D eigenvalue weighted by Gasteiger charge is 2.35. The lowest BCUT2D eigenvalue weighted by molar-refractivity contribution is -0.141. The summed E-state index contributed by atoms with van der Waals surface area (Å²) >= 11 is 0. The summed E-state index contributed by atoms with van der Waals surface area (Å²) in [6.07, 6.45) is 0.304. The Bertz CT molecular complexity index is 1210. The summed E-state index contributed by atoms with van der Waals surface area (Å²) in [5, 5.41) is 2.92. The molecule has 1 atom stereocenters. The van der Waals surface area contributed by atoms with E-state index < -0.39 is 40.1 Å². The van der Waals surface area contributed by atoms with Crippen molar-refractivity contribution in [2.75, 3.05) is 24.9 Å². The standard InChI is InChI=1S/C27H39FN4O4S/c1-9-23(26(34)29-27(4,5)6)31(17-21-12-14-22(28)15-13-21)25(33)18-32(37(35,36)30(7)8)24-16-19(2)10-11-20(24)3/h10-16,23H,9,17-18H2,1-8H3,(H,29,34)/t23-/m1/s1. The molecule has 2 aromatic rings. The third-order valence-corrected chi connectivity index (χ3v) is 7.61. The van der Waals surface area contributed by atoms with Crippen LogP contribution in [0.15, 0.2) is 42.5 Å². The number of benzene rings is 2. The lowest BCUT2D eigenvalue weighted by Gasteiger charge is -2.35. The number of hydrogen-bond acceptors (Lipinski definition) is 4. The summed E-state index contributed by atoms with van der Waals surface area (Å²) in [6, 6.07) is 10.2. The first kappa shape index (κ1) is 30.2. The van der Waals surface area contributed by atoms with Crippen LogP contribution in [0.3, 0.4) is 0 Å². The minimum Gasteiger partial charge on any atom is -0.350 e. The molecule has 0 saturated carbocycles. The lowest BCUT2D eigenvalue weighted by Crippen LogP contribution is -2.55. The average molecular weight is 535 g/mol. The first-order valence-corrected chi connectivity index (χ1v) is 13.6. The zero-order valence-corrected chi connectivity index (χ0v) is 23.8. The molecule has 0 radical (unpaired) electrons. The fourth-order valence-corrected chi connectivity index (χ4v) is 4.96. The minimum absolute atomic E-state index is 0.0117. The van der Waals surface area contributed by atoms with Gasteiger partial charge in [0, 0.05) is 26.2 Å². The quantitative estimate of drug-likeness (QED) is 0.502. The molecule has 2 amide bonds. The lowest BCUT2D eigenvalue weighted by atomic mass is 10.1. The Kier molecular flexibility index (Phi) is 9.84. The van der Waals surface area contributed by atoms with E-state index in [1.807, 2.05) is 33.8 Å². The van der Waals surface area contributed by atoms with Gasteiger partial charge in [-0.1, -0.05) is 31.2 Å². The van der Waals surface area contributed by atoms with E-state index in [2.05, 4.69) is 5.32 Å². The van der Waals surface area contributed by atoms with Crippen molar-refractivity contribution in [1.29, 1.82) is 0 Å². The second kappa shape index (κ2) is 12.0. The molecule has 10 heteroatoms. The zero-order valence-electron chi connectivity index (χ0n) is 23.0. The summed E-state index contributed by atoms with van der Waals surface area (Å²) in [5.74, 6) is -1.32. The first-order chi connectivity index (χ1) is 17.1. The molecule has 204 valence electrons. The third kappa shape index (κ3) is 8.00. The van der Waals surface area contributed by atoms with Crippen LogP contribution in [-0.4, -0.2) is 61.7 Å². The van der Waals surface area contributed by atoms with Crippen molar-refractivity contribution in [1.82, 2.24) is 14.5 Å². The van der Waals surface area contributed by atoms with Crippen molar-refractivity contribution in [2.24, 2.45) is 0 Å². The Balaban J connectivity index is 2.57. The smallest absolute Gasteiger partial charge is 0.304 e. The van der Waals surface area contributed by atoms with E-state index in [1.165, 1.54) is 31.1 Å². The molecule has 0 spiro atoms. The fourth-order valence-electron chi connectivity index (χ4n) is 3.85. The average Bonchev–Trinajstić information content (AvgIpc) is 2.78. The normalized spacial score (nSPS) is 12.8. The Morgan fingerprint density at radius 2 is 1.62 bits per heavy atom. The number of nitrogens with zero attached hydrogens (tertiary/aromatic N) is 3. The first-order valence-electron chi connectivity index (χ1n) is 12.2. The van der Waals surface area contributed by atoms with Gasteiger partial charge in [-0.3, -0.25) is 9.59 Å². The number of nitrogens with one attached hydrogen (secondary N) is 1. The van der Waals surface area contributed by atoms with Crippen molar-refractivity contribution in [3.05, 3.63) is 65.0 Å². The molecule has 0 aliphatic rings. The number of rotatable bonds is 10. The van der Waals surface area contributed by atoms with Gasteiger partial charge in [0.25, 0.3) is 0 Å². The van der Waals surface area contributed by atoms with Crippen molar-refractivity contribution in [3.63, 3.8) is 0 Å². The summed E-state index contributed by atoms with van der Waals surface area (Å²) in [5.41, 5.74) is 1.99. The molecule has 0 fully saturated rings. The van der Waals surface area contributed by atoms with Gasteiger partial charge in [-0.2, -0.15) is 12.7 Å². The molecule has 0 saturated heterocycles. The van der Waals surface area contributed by atoms with E-state index in [9.17, 15) is 22.4 Å². The van der Waals surface area contributed by atoms with Crippen molar-refractivity contribution in [3.8, 4) is 0 Å². The van der Waals surface area contributed by atoms with Gasteiger partial charge < -0.3 is 10.2 Å². The van der Waals surface area contributed by atoms with Gasteiger partial charge in [-0.25, -0.2) is 8.70 Å². The van der Waals surface area contributed by atoms with Crippen LogP contribution in [0, 0.1) is 19.7 Å². The number of carbonyl (C=O) groups is 2. The molecule has 0 aliphatic heterocycles. The van der Waals surface area contributed by atoms with E-state index in [0.717, 1.165) is 14.2 Å². The van der Waals surface area contributed by atoms with Gasteiger partial charge in [-0.15, -0.1) is 0 Å². The van der Waals surface area contributed by atoms with Gasteiger partial charge in [0.2, 0.25) is 11.8 Å². The topological polar surface area (TPSA) is 90.0 Å². The third-order valence-electron chi connectivity index (χ3n) is 5.80. The molecule has 1 N–H and O–H groups in total. The van der Waals surface area contributed by atoms with Gasteiger partial charge in [0.15, 0.2) is 0 Å². The molecule has 2 aromatic carbocycles. The van der Waals surface area contributed by atoms with Crippen LogP contribution in [-0.2, 0) is 26.3 Å². The van der Waals surface area contributed by atoms with Gasteiger partial charge in [-0.05, 0) is 75.9 Å². The number of hydrogen-bond donors (Lipinski definition) is 1. The van der Waals surface area contributed by atoms with Crippen LogP contribution in [0.4, 0.5) is 10.1 Å². The monoisotopic (exact) mass is 534 g/mol. The molecular weight excluding hydrogens is 495 g/mol. The van der Waals surface area contributed by atoms with Crippen LogP contribution >= 0.6 is 0 Å². The molecular formula is C27H39FN4O4S. The second-order valence-electron chi connectivity index (χ2n) is 10.4. The predicted octanol–water partition coefficient (Wildman–Crippen LogP) is 3.78. The van der Waals surface area contributed by atoms with Crippen LogP contribution in [0.2, 0.25) is 0 Å². The van der Waals surface area contributed by atoms with Crippen molar-refractivity contribution >= 4 is 27.7 Å². The Morgan fingerprint density at radius 1 is 1.03 bits per heavy atom. The van der Waals surface area contributed by atoms with Gasteiger partial charge in [0.05, 0.1) is 5.69 Å². The summed E-state index contributed by atoms with van der Waals surface area (Å²) < 4.78 is 42.4. The molecule has 2 rings (SSSR count). The van der Waals surface area contributed by atoms with Crippen LogP contribution in [0.1, 0.15) is 50.8 Å². The number of aryl methyl sites for hydroxylation is 2. The van der Waals surface area contributed by atoms with Crippen LogP contribution in [0.5, 0.6) is 0 Å². The molecule has 8 nitrogen and oxygen atoms in total. The highest BCUT2D eigenvalue weighted by molar-refractivity contribution is 7.90. The van der Waals surface area contributed by atoms with E-state index in [4.69, 9.17) is 0 Å². The molecule has 0 bridgehead atoms. The summed E-state index contributed by atoms with van der Waals surface area (Å²) in [6.45, 7) is 10.4. The number of carbonyl (C=O) groups excluding carboxylic acids is 2. The molecule has 0 heterocycles. The van der Waals surface area contributed by atoms with E-state index in [-0.39, 0.29) is 12.5 Å². The second-order valence-corrected chi connectivity index (χ2v) is 12.5. The maximum atomic E-state index is 13.9. The molecule has 0 aromatic heterocycles. The van der Waals surface area contributed by atoms with E-state index in [1.54, 1.807) is 38.1 Å². The SMILES string of the molecule is CC[C@H](C(=O)NC(C)(C)C)N(Cc1ccc(F)cc1)C(=O)CN(c1cc(C)ccc1C)S(=O)(=O)N(C)C. The summed E-state index contributed by atoms with van der Waals surface area (Å²) in [7, 11) is -1.25. The predicted molar refractivity (Wildman–Crippen MR) is 145 cm³/mol. The largest absolute Gasteiger partial charge is 0.350 e. The number of halogens is 1. The van der Waals surface area contributed by atoms with Crippen molar-refractivity contribution in [2.45, 2.75) is 66.1 Å². The maximum Gasteiger partial charge on any atom is 0.304 e. The van der Waals surface area contributed by atoms with Crippen LogP contribution < -0.4 is 9.62 Å². The maximum absolute atomic E-state index is 13.9. The van der Waals surface area contributed by atoms with Crippen molar-refractivity contribution < 1.29 is 22.4 Å². The fraction of sp³-hybridized carbons (Fsp3) is 0.481. The van der Waals surface area contributed by atoms with E-state index >= 15 is 0 Å². The summed E-state index contributed by atoms with van der Waals surface area (Å²) in [4.78, 5) is 28.5. The highest BCUT2D eigenvalue weighted by Crippen LogP contribution is 2.26. The molecule has 0 aliphatic carbocycles. The molecule has 0 unspecified atom stereocenters. The van der Waals surface area contributed by atoms with E-state index in [0.29, 0.717) is 23.2 Å². The van der Waals surface area contributed by atoms with Gasteiger partial charge >= 0.3 is 10.2 Å². The highest BCUT2D eigenvalue weighted by atomic mass is 32.2. The molecule has 37 heavy (non-hydrogen) atoms. The van der Waals surface area contributed by atoms with Gasteiger partial charge in [0.1, 0.15) is 18.4 Å².